The van der Waals surface area contributed by atoms with E-state index in [9.17, 15) is 5.11 Å². The number of hydrogen-bond donors (Lipinski definition) is 1. The van der Waals surface area contributed by atoms with Crippen LogP contribution < -0.4 is 4.74 Å². The second-order valence-corrected chi connectivity index (χ2v) is 4.81. The Morgan fingerprint density at radius 3 is 2.21 bits per heavy atom. The molecule has 19 heavy (non-hydrogen) atoms. The number of benzene rings is 1. The van der Waals surface area contributed by atoms with E-state index < -0.39 is 6.10 Å². The van der Waals surface area contributed by atoms with Gasteiger partial charge in [-0.3, -0.25) is 4.98 Å². The molecule has 0 fully saturated rings. The minimum absolute atomic E-state index is 0.633. The van der Waals surface area contributed by atoms with Gasteiger partial charge in [-0.1, -0.05) is 6.07 Å². The van der Waals surface area contributed by atoms with Gasteiger partial charge >= 0.3 is 0 Å². The fraction of sp³-hybridized carbons (Fsp3) is 0.312. The van der Waals surface area contributed by atoms with Crippen LogP contribution in [0.25, 0.3) is 0 Å². The van der Waals surface area contributed by atoms with Gasteiger partial charge in [-0.05, 0) is 61.7 Å². The van der Waals surface area contributed by atoms with Crippen molar-refractivity contribution in [2.24, 2.45) is 0 Å². The highest BCUT2D eigenvalue weighted by molar-refractivity contribution is 5.40. The lowest BCUT2D eigenvalue weighted by atomic mass is 9.97. The van der Waals surface area contributed by atoms with E-state index in [1.807, 2.05) is 51.1 Å². The molecule has 0 radical (unpaired) electrons. The fourth-order valence-electron chi connectivity index (χ4n) is 2.29. The van der Waals surface area contributed by atoms with Crippen LogP contribution in [-0.2, 0) is 0 Å². The first-order valence-electron chi connectivity index (χ1n) is 6.29. The van der Waals surface area contributed by atoms with E-state index >= 15 is 0 Å². The van der Waals surface area contributed by atoms with E-state index in [0.29, 0.717) is 0 Å². The summed E-state index contributed by atoms with van der Waals surface area (Å²) in [6.45, 7) is 5.84. The number of aliphatic hydroxyl groups excluding tert-OH is 1. The monoisotopic (exact) mass is 257 g/mol. The summed E-state index contributed by atoms with van der Waals surface area (Å²) in [6, 6.07) is 9.54. The summed E-state index contributed by atoms with van der Waals surface area (Å²) in [5.74, 6) is 0.801. The summed E-state index contributed by atoms with van der Waals surface area (Å²) in [7, 11) is 1.64. The van der Waals surface area contributed by atoms with Crippen molar-refractivity contribution in [3.05, 3.63) is 58.4 Å². The Bertz CT molecular complexity index is 573. The number of aromatic nitrogens is 1. The fourth-order valence-corrected chi connectivity index (χ4v) is 2.29. The van der Waals surface area contributed by atoms with Gasteiger partial charge in [0.05, 0.1) is 7.11 Å². The Morgan fingerprint density at radius 2 is 1.68 bits per heavy atom. The van der Waals surface area contributed by atoms with Gasteiger partial charge in [0.1, 0.15) is 11.9 Å². The minimum Gasteiger partial charge on any atom is -0.497 e. The molecule has 1 heterocycles. The molecular weight excluding hydrogens is 238 g/mol. The Labute approximate surface area is 113 Å². The number of pyridine rings is 1. The van der Waals surface area contributed by atoms with Gasteiger partial charge in [0.15, 0.2) is 0 Å². The molecule has 2 rings (SSSR count). The molecule has 2 aromatic rings. The van der Waals surface area contributed by atoms with Gasteiger partial charge in [-0.2, -0.15) is 0 Å². The molecule has 0 spiro atoms. The SMILES string of the molecule is COc1ccc(C(O)c2cc(C)nc(C)c2)c(C)c1. The van der Waals surface area contributed by atoms with Crippen LogP contribution in [-0.4, -0.2) is 17.2 Å². The van der Waals surface area contributed by atoms with Crippen LogP contribution >= 0.6 is 0 Å². The third-order valence-corrected chi connectivity index (χ3v) is 3.19. The van der Waals surface area contributed by atoms with Crippen molar-refractivity contribution in [1.29, 1.82) is 0 Å². The van der Waals surface area contributed by atoms with Gasteiger partial charge in [0.2, 0.25) is 0 Å². The van der Waals surface area contributed by atoms with Crippen LogP contribution in [0.15, 0.2) is 30.3 Å². The molecule has 1 unspecified atom stereocenters. The molecule has 1 N–H and O–H groups in total. The standard InChI is InChI=1S/C16H19NO2/c1-10-7-14(19-4)5-6-15(10)16(18)13-8-11(2)17-12(3)9-13/h5-9,16,18H,1-4H3. The number of ether oxygens (including phenoxy) is 1. The maximum absolute atomic E-state index is 10.5. The molecule has 3 nitrogen and oxygen atoms in total. The molecule has 0 saturated heterocycles. The number of rotatable bonds is 3. The second-order valence-electron chi connectivity index (χ2n) is 4.81. The highest BCUT2D eigenvalue weighted by Crippen LogP contribution is 2.28. The van der Waals surface area contributed by atoms with E-state index in [4.69, 9.17) is 4.74 Å². The summed E-state index contributed by atoms with van der Waals surface area (Å²) in [4.78, 5) is 4.33. The molecule has 3 heteroatoms. The molecule has 1 atom stereocenters. The van der Waals surface area contributed by atoms with Gasteiger partial charge in [0, 0.05) is 11.4 Å². The zero-order valence-electron chi connectivity index (χ0n) is 11.8. The van der Waals surface area contributed by atoms with Gasteiger partial charge in [-0.15, -0.1) is 0 Å². The predicted molar refractivity (Wildman–Crippen MR) is 75.5 cm³/mol. The van der Waals surface area contributed by atoms with Crippen molar-refractivity contribution in [3.8, 4) is 5.75 Å². The molecule has 0 saturated carbocycles. The highest BCUT2D eigenvalue weighted by atomic mass is 16.5. The number of hydrogen-bond acceptors (Lipinski definition) is 3. The predicted octanol–water partition coefficient (Wildman–Crippen LogP) is 3.10. The highest BCUT2D eigenvalue weighted by Gasteiger charge is 2.14. The van der Waals surface area contributed by atoms with Crippen LogP contribution in [0.3, 0.4) is 0 Å². The van der Waals surface area contributed by atoms with Crippen LogP contribution in [0, 0.1) is 20.8 Å². The van der Waals surface area contributed by atoms with E-state index in [-0.39, 0.29) is 0 Å². The first-order valence-corrected chi connectivity index (χ1v) is 6.29. The average Bonchev–Trinajstić information content (AvgIpc) is 2.36. The lowest BCUT2D eigenvalue weighted by molar-refractivity contribution is 0.219. The summed E-state index contributed by atoms with van der Waals surface area (Å²) in [6.07, 6.45) is -0.633. The maximum Gasteiger partial charge on any atom is 0.119 e. The number of methoxy groups -OCH3 is 1. The lowest BCUT2D eigenvalue weighted by Gasteiger charge is -2.16. The van der Waals surface area contributed by atoms with Crippen LogP contribution in [0.1, 0.15) is 34.2 Å². The summed E-state index contributed by atoms with van der Waals surface area (Å²) < 4.78 is 5.18. The molecule has 0 aliphatic rings. The van der Waals surface area contributed by atoms with E-state index in [1.165, 1.54) is 0 Å². The Morgan fingerprint density at radius 1 is 1.05 bits per heavy atom. The molecule has 1 aromatic heterocycles. The Kier molecular flexibility index (Phi) is 3.86. The molecular formula is C16H19NO2. The van der Waals surface area contributed by atoms with Gasteiger partial charge in [0.25, 0.3) is 0 Å². The largest absolute Gasteiger partial charge is 0.497 e. The minimum atomic E-state index is -0.633. The number of aryl methyl sites for hydroxylation is 3. The Hall–Kier alpha value is -1.87. The lowest BCUT2D eigenvalue weighted by Crippen LogP contribution is -2.04. The molecule has 1 aromatic carbocycles. The van der Waals surface area contributed by atoms with Gasteiger partial charge < -0.3 is 9.84 Å². The zero-order valence-corrected chi connectivity index (χ0v) is 11.8. The van der Waals surface area contributed by atoms with Gasteiger partial charge in [-0.25, -0.2) is 0 Å². The molecule has 0 aliphatic heterocycles. The van der Waals surface area contributed by atoms with E-state index in [0.717, 1.165) is 33.8 Å². The smallest absolute Gasteiger partial charge is 0.119 e. The third-order valence-electron chi connectivity index (χ3n) is 3.19. The topological polar surface area (TPSA) is 42.4 Å². The van der Waals surface area contributed by atoms with Crippen molar-refractivity contribution in [1.82, 2.24) is 4.98 Å². The van der Waals surface area contributed by atoms with Crippen molar-refractivity contribution >= 4 is 0 Å². The number of aliphatic hydroxyl groups is 1. The van der Waals surface area contributed by atoms with Crippen molar-refractivity contribution in [2.75, 3.05) is 7.11 Å². The van der Waals surface area contributed by atoms with Crippen LogP contribution in [0.4, 0.5) is 0 Å². The second kappa shape index (κ2) is 5.41. The third kappa shape index (κ3) is 2.93. The Balaban J connectivity index is 2.40. The summed E-state index contributed by atoms with van der Waals surface area (Å²) in [5.41, 5.74) is 4.61. The van der Waals surface area contributed by atoms with E-state index in [1.54, 1.807) is 7.11 Å². The molecule has 100 valence electrons. The first-order chi connectivity index (χ1) is 9.01. The molecule has 0 amide bonds. The summed E-state index contributed by atoms with van der Waals surface area (Å²) >= 11 is 0. The quantitative estimate of drug-likeness (QED) is 0.918. The summed E-state index contributed by atoms with van der Waals surface area (Å²) in [5, 5.41) is 10.5. The van der Waals surface area contributed by atoms with Crippen molar-refractivity contribution in [3.63, 3.8) is 0 Å². The van der Waals surface area contributed by atoms with Crippen molar-refractivity contribution < 1.29 is 9.84 Å². The molecule has 0 aliphatic carbocycles. The average molecular weight is 257 g/mol. The van der Waals surface area contributed by atoms with Crippen molar-refractivity contribution in [2.45, 2.75) is 26.9 Å². The normalized spacial score (nSPS) is 12.3. The van der Waals surface area contributed by atoms with E-state index in [2.05, 4.69) is 4.98 Å². The molecule has 0 bridgehead atoms. The first kappa shape index (κ1) is 13.6. The zero-order chi connectivity index (χ0) is 14.0. The number of nitrogens with zero attached hydrogens (tertiary/aromatic N) is 1. The van der Waals surface area contributed by atoms with Crippen LogP contribution in [0.5, 0.6) is 5.75 Å². The maximum atomic E-state index is 10.5. The van der Waals surface area contributed by atoms with Crippen LogP contribution in [0.2, 0.25) is 0 Å².